The van der Waals surface area contributed by atoms with Crippen LogP contribution in [0.15, 0.2) is 46.9 Å². The predicted molar refractivity (Wildman–Crippen MR) is 128 cm³/mol. The monoisotopic (exact) mass is 506 g/mol. The Balaban J connectivity index is 2.18. The van der Waals surface area contributed by atoms with Crippen LogP contribution in [0, 0.1) is 5.82 Å². The fourth-order valence-corrected chi connectivity index (χ4v) is 3.59. The Morgan fingerprint density at radius 1 is 1.19 bits per heavy atom. The number of amides is 2. The maximum absolute atomic E-state index is 14.2. The maximum Gasteiger partial charge on any atom is 0.261 e. The van der Waals surface area contributed by atoms with Crippen LogP contribution in [0.25, 0.3) is 0 Å². The van der Waals surface area contributed by atoms with Crippen molar-refractivity contribution < 1.29 is 18.7 Å². The number of halogens is 2. The smallest absolute Gasteiger partial charge is 0.261 e. The summed E-state index contributed by atoms with van der Waals surface area (Å²) in [4.78, 5) is 27.0. The van der Waals surface area contributed by atoms with E-state index in [0.29, 0.717) is 17.9 Å². The van der Waals surface area contributed by atoms with Crippen LogP contribution in [0.4, 0.5) is 4.39 Å². The highest BCUT2D eigenvalue weighted by atomic mass is 79.9. The summed E-state index contributed by atoms with van der Waals surface area (Å²) >= 11 is 3.51. The minimum atomic E-state index is -0.774. The number of nitrogens with zero attached hydrogens (tertiary/aromatic N) is 1. The lowest BCUT2D eigenvalue weighted by Crippen LogP contribution is -2.49. The van der Waals surface area contributed by atoms with E-state index in [2.05, 4.69) is 42.0 Å². The fraction of sp³-hybridized carbons (Fsp3) is 0.440. The van der Waals surface area contributed by atoms with Gasteiger partial charge in [-0.3, -0.25) is 9.59 Å². The molecule has 0 bridgehead atoms. The summed E-state index contributed by atoms with van der Waals surface area (Å²) < 4.78 is 20.7. The van der Waals surface area contributed by atoms with Crippen molar-refractivity contribution in [1.82, 2.24) is 10.2 Å². The van der Waals surface area contributed by atoms with Crippen LogP contribution in [0.2, 0.25) is 0 Å². The van der Waals surface area contributed by atoms with Gasteiger partial charge in [-0.15, -0.1) is 0 Å². The molecule has 1 atom stereocenters. The first-order valence-electron chi connectivity index (χ1n) is 10.8. The van der Waals surface area contributed by atoms with Crippen LogP contribution < -0.4 is 10.1 Å². The Labute approximate surface area is 198 Å². The third-order valence-electron chi connectivity index (χ3n) is 5.16. The van der Waals surface area contributed by atoms with E-state index in [1.165, 1.54) is 11.0 Å². The normalized spacial score (nSPS) is 12.2. The average molecular weight is 507 g/mol. The minimum Gasteiger partial charge on any atom is -0.483 e. The molecule has 2 rings (SSSR count). The first-order chi connectivity index (χ1) is 15.0. The van der Waals surface area contributed by atoms with E-state index in [1.54, 1.807) is 25.1 Å². The van der Waals surface area contributed by atoms with Gasteiger partial charge < -0.3 is 15.0 Å². The van der Waals surface area contributed by atoms with E-state index >= 15 is 0 Å². The molecule has 1 N–H and O–H groups in total. The zero-order chi connectivity index (χ0) is 23.9. The van der Waals surface area contributed by atoms with Crippen molar-refractivity contribution in [1.29, 1.82) is 0 Å². The molecule has 0 spiro atoms. The van der Waals surface area contributed by atoms with Crippen LogP contribution >= 0.6 is 15.9 Å². The van der Waals surface area contributed by atoms with Gasteiger partial charge in [0.2, 0.25) is 5.91 Å². The quantitative estimate of drug-likeness (QED) is 0.507. The molecular formula is C25H32BrFN2O3. The summed E-state index contributed by atoms with van der Waals surface area (Å²) in [5.74, 6) is -0.584. The second-order valence-corrected chi connectivity index (χ2v) is 9.62. The highest BCUT2D eigenvalue weighted by molar-refractivity contribution is 9.10. The molecule has 0 radical (unpaired) electrons. The Hall–Kier alpha value is -2.41. The van der Waals surface area contributed by atoms with Crippen LogP contribution in [0.1, 0.15) is 52.2 Å². The van der Waals surface area contributed by atoms with Crippen molar-refractivity contribution in [3.05, 3.63) is 63.9 Å². The summed E-state index contributed by atoms with van der Waals surface area (Å²) in [7, 11) is 0. The molecule has 0 aliphatic heterocycles. The van der Waals surface area contributed by atoms with Crippen molar-refractivity contribution in [2.45, 2.75) is 59.0 Å². The predicted octanol–water partition coefficient (Wildman–Crippen LogP) is 5.21. The molecule has 0 aliphatic carbocycles. The van der Waals surface area contributed by atoms with Crippen molar-refractivity contribution in [2.24, 2.45) is 0 Å². The number of hydrogen-bond acceptors (Lipinski definition) is 3. The molecule has 174 valence electrons. The van der Waals surface area contributed by atoms with Gasteiger partial charge in [-0.1, -0.05) is 52.0 Å². The number of ether oxygens (including phenoxy) is 1. The average Bonchev–Trinajstić information content (AvgIpc) is 2.74. The molecule has 0 fully saturated rings. The van der Waals surface area contributed by atoms with Gasteiger partial charge in [0.25, 0.3) is 5.91 Å². The van der Waals surface area contributed by atoms with E-state index in [-0.39, 0.29) is 24.5 Å². The van der Waals surface area contributed by atoms with Gasteiger partial charge in [-0.25, -0.2) is 4.39 Å². The number of carbonyl (C=O) groups is 2. The number of nitrogens with one attached hydrogen (secondary N) is 1. The standard InChI is InChI=1S/C25H32BrFN2O3/c1-6-13-28-24(31)17(2)29(15-18-9-7-8-10-21(18)27)23(30)16-32-22-12-11-19(14-20(22)26)25(3,4)5/h7-12,14,17H,6,13,15-16H2,1-5H3,(H,28,31)/t17-/m0/s1. The van der Waals surface area contributed by atoms with Crippen LogP contribution in [-0.4, -0.2) is 35.9 Å². The molecule has 0 saturated heterocycles. The molecule has 0 saturated carbocycles. The van der Waals surface area contributed by atoms with Crippen molar-refractivity contribution in [2.75, 3.05) is 13.2 Å². The van der Waals surface area contributed by atoms with Gasteiger partial charge in [0.15, 0.2) is 6.61 Å². The molecule has 32 heavy (non-hydrogen) atoms. The fourth-order valence-electron chi connectivity index (χ4n) is 3.10. The largest absolute Gasteiger partial charge is 0.483 e. The van der Waals surface area contributed by atoms with Gasteiger partial charge in [-0.05, 0) is 58.5 Å². The SMILES string of the molecule is CCCNC(=O)[C@H](C)N(Cc1ccccc1F)C(=O)COc1ccc(C(C)(C)C)cc1Br. The highest BCUT2D eigenvalue weighted by Gasteiger charge is 2.27. The first-order valence-corrected chi connectivity index (χ1v) is 11.6. The molecule has 0 heterocycles. The number of benzene rings is 2. The van der Waals surface area contributed by atoms with E-state index in [0.717, 1.165) is 16.5 Å². The summed E-state index contributed by atoms with van der Waals surface area (Å²) in [6.07, 6.45) is 0.779. The molecule has 2 amide bonds. The van der Waals surface area contributed by atoms with Crippen molar-refractivity contribution in [3.63, 3.8) is 0 Å². The maximum atomic E-state index is 14.2. The summed E-state index contributed by atoms with van der Waals surface area (Å²) in [6.45, 7) is 10.1. The van der Waals surface area contributed by atoms with Crippen LogP contribution in [0.3, 0.4) is 0 Å². The van der Waals surface area contributed by atoms with Gasteiger partial charge in [0.1, 0.15) is 17.6 Å². The van der Waals surface area contributed by atoms with E-state index in [1.807, 2.05) is 25.1 Å². The first kappa shape index (κ1) is 25.8. The van der Waals surface area contributed by atoms with Gasteiger partial charge in [0.05, 0.1) is 4.47 Å². The second-order valence-electron chi connectivity index (χ2n) is 8.76. The van der Waals surface area contributed by atoms with E-state index in [9.17, 15) is 14.0 Å². The molecular weight excluding hydrogens is 475 g/mol. The third kappa shape index (κ3) is 7.05. The van der Waals surface area contributed by atoms with Gasteiger partial charge >= 0.3 is 0 Å². The number of carbonyl (C=O) groups excluding carboxylic acids is 2. The Kier molecular flexibility index (Phi) is 9.25. The lowest BCUT2D eigenvalue weighted by atomic mass is 9.87. The summed E-state index contributed by atoms with van der Waals surface area (Å²) in [5.41, 5.74) is 1.45. The summed E-state index contributed by atoms with van der Waals surface area (Å²) in [5, 5.41) is 2.80. The Bertz CT molecular complexity index is 943. The molecule has 7 heteroatoms. The third-order valence-corrected chi connectivity index (χ3v) is 5.78. The Morgan fingerprint density at radius 3 is 2.47 bits per heavy atom. The van der Waals surface area contributed by atoms with Crippen LogP contribution in [-0.2, 0) is 21.5 Å². The van der Waals surface area contributed by atoms with Crippen molar-refractivity contribution in [3.8, 4) is 5.75 Å². The van der Waals surface area contributed by atoms with Crippen LogP contribution in [0.5, 0.6) is 5.75 Å². The lowest BCUT2D eigenvalue weighted by Gasteiger charge is -2.29. The van der Waals surface area contributed by atoms with E-state index < -0.39 is 17.8 Å². The minimum absolute atomic E-state index is 0.0191. The molecule has 2 aromatic carbocycles. The highest BCUT2D eigenvalue weighted by Crippen LogP contribution is 2.31. The van der Waals surface area contributed by atoms with E-state index in [4.69, 9.17) is 4.74 Å². The summed E-state index contributed by atoms with van der Waals surface area (Å²) in [6, 6.07) is 11.2. The molecule has 0 aromatic heterocycles. The zero-order valence-corrected chi connectivity index (χ0v) is 21.0. The van der Waals surface area contributed by atoms with Gasteiger partial charge in [-0.2, -0.15) is 0 Å². The van der Waals surface area contributed by atoms with Gasteiger partial charge in [0, 0.05) is 18.7 Å². The molecule has 2 aromatic rings. The number of hydrogen-bond donors (Lipinski definition) is 1. The lowest BCUT2D eigenvalue weighted by molar-refractivity contribution is -0.142. The Morgan fingerprint density at radius 2 is 1.88 bits per heavy atom. The zero-order valence-electron chi connectivity index (χ0n) is 19.4. The second kappa shape index (κ2) is 11.5. The number of rotatable bonds is 9. The van der Waals surface area contributed by atoms with Crippen molar-refractivity contribution >= 4 is 27.7 Å². The topological polar surface area (TPSA) is 58.6 Å². The molecule has 0 aliphatic rings. The molecule has 5 nitrogen and oxygen atoms in total. The molecule has 0 unspecified atom stereocenters.